The van der Waals surface area contributed by atoms with Gasteiger partial charge < -0.3 is 4.43 Å². The van der Waals surface area contributed by atoms with Crippen LogP contribution in [0.3, 0.4) is 0 Å². The topological polar surface area (TPSA) is 38.8 Å². The predicted molar refractivity (Wildman–Crippen MR) is 131 cm³/mol. The van der Waals surface area contributed by atoms with E-state index < -0.39 is 8.32 Å². The zero-order valence-electron chi connectivity index (χ0n) is 19.4. The lowest BCUT2D eigenvalue weighted by Crippen LogP contribution is -2.66. The minimum atomic E-state index is -2.49. The molecule has 2 rings (SSSR count). The molecule has 166 valence electrons. The fourth-order valence-electron chi connectivity index (χ4n) is 3.69. The van der Waals surface area contributed by atoms with Gasteiger partial charge in [0.15, 0.2) is 0 Å². The number of hydrogen-bond donors (Lipinski definition) is 0. The molecule has 0 saturated heterocycles. The molecule has 0 N–H and O–H groups in total. The van der Waals surface area contributed by atoms with Crippen LogP contribution in [0.25, 0.3) is 0 Å². The van der Waals surface area contributed by atoms with Gasteiger partial charge in [0.2, 0.25) is 0 Å². The van der Waals surface area contributed by atoms with Crippen LogP contribution in [0.15, 0.2) is 85.0 Å². The summed E-state index contributed by atoms with van der Waals surface area (Å²) in [5, 5.41) is 3.74. The molecule has 2 aromatic rings. The summed E-state index contributed by atoms with van der Waals surface area (Å²) in [5.74, 6) is -0.165. The molecule has 0 aliphatic heterocycles. The molecular formula is C26H35NO3Si. The predicted octanol–water partition coefficient (Wildman–Crippen LogP) is 4.48. The van der Waals surface area contributed by atoms with Gasteiger partial charge in [-0.15, -0.1) is 0 Å². The van der Waals surface area contributed by atoms with E-state index in [0.29, 0.717) is 6.61 Å². The summed E-state index contributed by atoms with van der Waals surface area (Å²) in [6.07, 6.45) is 9.26. The number of carbonyl (C=O) groups is 1. The number of allylic oxidation sites excluding steroid dienone is 2. The average Bonchev–Trinajstić information content (AvgIpc) is 2.77. The molecule has 0 aromatic heterocycles. The van der Waals surface area contributed by atoms with Gasteiger partial charge in [-0.25, -0.2) is 5.06 Å². The number of benzene rings is 2. The molecular weight excluding hydrogens is 402 g/mol. The van der Waals surface area contributed by atoms with Gasteiger partial charge in [-0.1, -0.05) is 99.7 Å². The van der Waals surface area contributed by atoms with Gasteiger partial charge in [-0.2, -0.15) is 0 Å². The Morgan fingerprint density at radius 3 is 1.90 bits per heavy atom. The first-order valence-corrected chi connectivity index (χ1v) is 12.6. The maximum Gasteiger partial charge on any atom is 0.269 e. The van der Waals surface area contributed by atoms with E-state index in [1.165, 1.54) is 28.6 Å². The fraction of sp³-hybridized carbons (Fsp3) is 0.346. The number of carbonyl (C=O) groups excluding carboxylic acids is 1. The van der Waals surface area contributed by atoms with Crippen molar-refractivity contribution in [1.29, 1.82) is 0 Å². The maximum absolute atomic E-state index is 11.7. The molecule has 4 nitrogen and oxygen atoms in total. The van der Waals surface area contributed by atoms with E-state index >= 15 is 0 Å². The summed E-state index contributed by atoms with van der Waals surface area (Å²) in [4.78, 5) is 16.5. The molecule has 0 heterocycles. The third kappa shape index (κ3) is 6.50. The molecule has 1 amide bonds. The number of unbranched alkanes of at least 4 members (excludes halogenated alkanes) is 1. The number of amides is 1. The van der Waals surface area contributed by atoms with Crippen LogP contribution in [0.1, 0.15) is 33.6 Å². The van der Waals surface area contributed by atoms with Crippen molar-refractivity contribution in [2.24, 2.45) is 0 Å². The van der Waals surface area contributed by atoms with E-state index in [2.05, 4.69) is 93.6 Å². The highest BCUT2D eigenvalue weighted by atomic mass is 28.4. The van der Waals surface area contributed by atoms with Crippen LogP contribution >= 0.6 is 0 Å². The van der Waals surface area contributed by atoms with Crippen molar-refractivity contribution in [2.45, 2.75) is 38.7 Å². The van der Waals surface area contributed by atoms with E-state index in [0.717, 1.165) is 12.8 Å². The first kappa shape index (κ1) is 24.8. The lowest BCUT2D eigenvalue weighted by atomic mass is 10.2. The van der Waals surface area contributed by atoms with Crippen LogP contribution in [-0.2, 0) is 14.1 Å². The van der Waals surface area contributed by atoms with E-state index in [1.807, 2.05) is 6.08 Å². The molecule has 5 heteroatoms. The minimum absolute atomic E-state index is 0.0278. The van der Waals surface area contributed by atoms with Crippen LogP contribution in [-0.4, -0.2) is 40.1 Å². The molecule has 0 unspecified atom stereocenters. The molecule has 0 radical (unpaired) electrons. The normalized spacial score (nSPS) is 12.5. The number of hydrogen-bond acceptors (Lipinski definition) is 3. The first-order chi connectivity index (χ1) is 14.8. The second kappa shape index (κ2) is 11.8. The van der Waals surface area contributed by atoms with Crippen LogP contribution in [0.4, 0.5) is 0 Å². The van der Waals surface area contributed by atoms with Gasteiger partial charge in [-0.05, 0) is 28.3 Å². The van der Waals surface area contributed by atoms with Crippen molar-refractivity contribution in [3.8, 4) is 0 Å². The second-order valence-electron chi connectivity index (χ2n) is 8.44. The van der Waals surface area contributed by atoms with Gasteiger partial charge in [0.25, 0.3) is 14.2 Å². The van der Waals surface area contributed by atoms with Crippen molar-refractivity contribution >= 4 is 24.6 Å². The summed E-state index contributed by atoms with van der Waals surface area (Å²) in [6.45, 7) is 7.40. The van der Waals surface area contributed by atoms with Crippen LogP contribution in [0.2, 0.25) is 5.04 Å². The number of rotatable bonds is 10. The van der Waals surface area contributed by atoms with Crippen LogP contribution in [0, 0.1) is 0 Å². The van der Waals surface area contributed by atoms with E-state index in [-0.39, 0.29) is 10.9 Å². The largest absolute Gasteiger partial charge is 0.404 e. The first-order valence-electron chi connectivity index (χ1n) is 10.7. The lowest BCUT2D eigenvalue weighted by Gasteiger charge is -2.42. The summed E-state index contributed by atoms with van der Waals surface area (Å²) in [5.41, 5.74) is 0. The maximum atomic E-state index is 11.7. The van der Waals surface area contributed by atoms with E-state index in [9.17, 15) is 4.79 Å². The average molecular weight is 438 g/mol. The Kier molecular flexibility index (Phi) is 9.43. The van der Waals surface area contributed by atoms with Crippen molar-refractivity contribution < 1.29 is 14.1 Å². The minimum Gasteiger partial charge on any atom is -0.404 e. The molecule has 31 heavy (non-hydrogen) atoms. The number of nitrogens with zero attached hydrogens (tertiary/aromatic N) is 1. The van der Waals surface area contributed by atoms with Gasteiger partial charge >= 0.3 is 0 Å². The zero-order chi connectivity index (χ0) is 22.7. The number of likely N-dealkylation sites (N-methyl/N-ethyl adjacent to an activating group) is 1. The Morgan fingerprint density at radius 2 is 1.42 bits per heavy atom. The Balaban J connectivity index is 2.11. The standard InChI is InChI=1S/C26H35NO3Si/c1-26(2,3)31(23-17-11-9-12-18-23,24-19-13-10-14-20-24)30-22-16-8-6-7-15-21-25(28)27(4)29-5/h8-21H,6-7,22H2,1-5H3. The van der Waals surface area contributed by atoms with Gasteiger partial charge in [0.05, 0.1) is 13.7 Å². The smallest absolute Gasteiger partial charge is 0.269 e. The Bertz CT molecular complexity index is 818. The van der Waals surface area contributed by atoms with Gasteiger partial charge in [0, 0.05) is 13.1 Å². The van der Waals surface area contributed by atoms with Crippen molar-refractivity contribution in [3.05, 3.63) is 85.0 Å². The molecule has 0 bridgehead atoms. The third-order valence-electron chi connectivity index (χ3n) is 5.32. The Morgan fingerprint density at radius 1 is 0.903 bits per heavy atom. The molecule has 0 aliphatic rings. The quantitative estimate of drug-likeness (QED) is 0.181. The highest BCUT2D eigenvalue weighted by molar-refractivity contribution is 6.99. The summed E-state index contributed by atoms with van der Waals surface area (Å²) >= 11 is 0. The van der Waals surface area contributed by atoms with Crippen LogP contribution in [0.5, 0.6) is 0 Å². The van der Waals surface area contributed by atoms with E-state index in [4.69, 9.17) is 9.26 Å². The monoisotopic (exact) mass is 437 g/mol. The molecule has 0 atom stereocenters. The molecule has 0 spiro atoms. The lowest BCUT2D eigenvalue weighted by molar-refractivity contribution is -0.162. The van der Waals surface area contributed by atoms with Gasteiger partial charge in [0.1, 0.15) is 0 Å². The van der Waals surface area contributed by atoms with Crippen molar-refractivity contribution in [3.63, 3.8) is 0 Å². The number of hydroxylamine groups is 2. The Hall–Kier alpha value is -2.47. The van der Waals surface area contributed by atoms with Gasteiger partial charge in [-0.3, -0.25) is 9.63 Å². The van der Waals surface area contributed by atoms with Crippen LogP contribution < -0.4 is 10.4 Å². The molecule has 0 aliphatic carbocycles. The third-order valence-corrected chi connectivity index (χ3v) is 10.3. The SMILES string of the molecule is CON(C)C(=O)C=CCCC=CCO[Si](c1ccccc1)(c1ccccc1)C(C)(C)C. The zero-order valence-corrected chi connectivity index (χ0v) is 20.4. The molecule has 0 fully saturated rings. The van der Waals surface area contributed by atoms with Crippen molar-refractivity contribution in [2.75, 3.05) is 20.8 Å². The fourth-order valence-corrected chi connectivity index (χ4v) is 8.19. The molecule has 2 aromatic carbocycles. The summed E-state index contributed by atoms with van der Waals surface area (Å²) < 4.78 is 6.81. The Labute approximate surface area is 188 Å². The summed E-state index contributed by atoms with van der Waals surface area (Å²) in [6, 6.07) is 21.3. The summed E-state index contributed by atoms with van der Waals surface area (Å²) in [7, 11) is 0.579. The van der Waals surface area contributed by atoms with E-state index in [1.54, 1.807) is 7.05 Å². The second-order valence-corrected chi connectivity index (χ2v) is 12.7. The van der Waals surface area contributed by atoms with Crippen molar-refractivity contribution in [1.82, 2.24) is 5.06 Å². The molecule has 0 saturated carbocycles. The highest BCUT2D eigenvalue weighted by Gasteiger charge is 2.49. The highest BCUT2D eigenvalue weighted by Crippen LogP contribution is 2.36.